The van der Waals surface area contributed by atoms with Gasteiger partial charge in [0.2, 0.25) is 6.79 Å². The van der Waals surface area contributed by atoms with Crippen LogP contribution in [0.4, 0.5) is 0 Å². The van der Waals surface area contributed by atoms with E-state index in [4.69, 9.17) is 9.47 Å². The summed E-state index contributed by atoms with van der Waals surface area (Å²) in [6, 6.07) is 3.48. The molecule has 0 spiro atoms. The molecule has 0 radical (unpaired) electrons. The Bertz CT molecular complexity index is 441. The summed E-state index contributed by atoms with van der Waals surface area (Å²) < 4.78 is 10.5. The predicted molar refractivity (Wildman–Crippen MR) is 63.3 cm³/mol. The standard InChI is InChI=1S/C13H17NO3/c1-13(3-2-4-13)14-7-9-5-11-12(6-10(9)15)17-8-16-11/h5-6,14-15H,2-4,7-8H2,1H3. The van der Waals surface area contributed by atoms with E-state index < -0.39 is 0 Å². The summed E-state index contributed by atoms with van der Waals surface area (Å²) in [6.07, 6.45) is 3.70. The molecule has 4 heteroatoms. The Morgan fingerprint density at radius 2 is 2.00 bits per heavy atom. The molecule has 1 aromatic carbocycles. The molecule has 1 saturated carbocycles. The summed E-state index contributed by atoms with van der Waals surface area (Å²) in [5, 5.41) is 13.4. The van der Waals surface area contributed by atoms with Crippen LogP contribution >= 0.6 is 0 Å². The normalized spacial score (nSPS) is 20.1. The minimum atomic E-state index is 0.239. The summed E-state index contributed by atoms with van der Waals surface area (Å²) in [7, 11) is 0. The van der Waals surface area contributed by atoms with E-state index >= 15 is 0 Å². The summed E-state index contributed by atoms with van der Waals surface area (Å²) in [5.74, 6) is 1.61. The highest BCUT2D eigenvalue weighted by Crippen LogP contribution is 2.38. The molecule has 4 nitrogen and oxygen atoms in total. The maximum absolute atomic E-state index is 9.89. The van der Waals surface area contributed by atoms with Crippen LogP contribution in [-0.4, -0.2) is 17.4 Å². The Labute approximate surface area is 101 Å². The van der Waals surface area contributed by atoms with Crippen molar-refractivity contribution < 1.29 is 14.6 Å². The molecule has 2 aliphatic rings. The zero-order valence-corrected chi connectivity index (χ0v) is 9.95. The lowest BCUT2D eigenvalue weighted by Crippen LogP contribution is -2.47. The van der Waals surface area contributed by atoms with Crippen LogP contribution in [-0.2, 0) is 6.54 Å². The molecule has 1 aromatic rings. The first kappa shape index (κ1) is 10.7. The highest BCUT2D eigenvalue weighted by molar-refractivity contribution is 5.51. The number of fused-ring (bicyclic) bond motifs is 1. The molecular formula is C13H17NO3. The Hall–Kier alpha value is -1.42. The zero-order valence-electron chi connectivity index (χ0n) is 9.95. The van der Waals surface area contributed by atoms with E-state index in [1.807, 2.05) is 6.07 Å². The SMILES string of the molecule is CC1(NCc2cc3c(cc2O)OCO3)CCC1. The third-order valence-electron chi connectivity index (χ3n) is 3.74. The van der Waals surface area contributed by atoms with Gasteiger partial charge in [-0.15, -0.1) is 0 Å². The van der Waals surface area contributed by atoms with Crippen LogP contribution in [0.15, 0.2) is 12.1 Å². The molecule has 1 aliphatic carbocycles. The van der Waals surface area contributed by atoms with E-state index in [9.17, 15) is 5.11 Å². The second kappa shape index (κ2) is 3.81. The van der Waals surface area contributed by atoms with Crippen molar-refractivity contribution in [2.75, 3.05) is 6.79 Å². The molecule has 2 N–H and O–H groups in total. The lowest BCUT2D eigenvalue weighted by molar-refractivity contribution is 0.173. The molecule has 1 heterocycles. The Morgan fingerprint density at radius 1 is 1.29 bits per heavy atom. The molecule has 0 bridgehead atoms. The molecular weight excluding hydrogens is 218 g/mol. The highest BCUT2D eigenvalue weighted by Gasteiger charge is 2.31. The first-order chi connectivity index (χ1) is 8.16. The van der Waals surface area contributed by atoms with E-state index in [1.54, 1.807) is 6.07 Å². The molecule has 0 amide bonds. The number of hydrogen-bond donors (Lipinski definition) is 2. The van der Waals surface area contributed by atoms with Gasteiger partial charge >= 0.3 is 0 Å². The monoisotopic (exact) mass is 235 g/mol. The van der Waals surface area contributed by atoms with Crippen LogP contribution < -0.4 is 14.8 Å². The van der Waals surface area contributed by atoms with Crippen LogP contribution in [0.1, 0.15) is 31.7 Å². The lowest BCUT2D eigenvalue weighted by atomic mass is 9.78. The first-order valence-electron chi connectivity index (χ1n) is 6.03. The van der Waals surface area contributed by atoms with Gasteiger partial charge in [-0.1, -0.05) is 0 Å². The third-order valence-corrected chi connectivity index (χ3v) is 3.74. The smallest absolute Gasteiger partial charge is 0.231 e. The van der Waals surface area contributed by atoms with E-state index in [0.29, 0.717) is 12.3 Å². The van der Waals surface area contributed by atoms with Crippen molar-refractivity contribution in [2.45, 2.75) is 38.3 Å². The summed E-state index contributed by atoms with van der Waals surface area (Å²) in [6.45, 7) is 3.13. The van der Waals surface area contributed by atoms with Crippen molar-refractivity contribution in [2.24, 2.45) is 0 Å². The third kappa shape index (κ3) is 1.93. The largest absolute Gasteiger partial charge is 0.507 e. The number of phenolic OH excluding ortho intramolecular Hbond substituents is 1. The Morgan fingerprint density at radius 3 is 2.65 bits per heavy atom. The molecule has 0 aromatic heterocycles. The van der Waals surface area contributed by atoms with E-state index in [-0.39, 0.29) is 18.1 Å². The van der Waals surface area contributed by atoms with Crippen LogP contribution in [0.2, 0.25) is 0 Å². The number of rotatable bonds is 3. The lowest BCUT2D eigenvalue weighted by Gasteiger charge is -2.39. The molecule has 0 saturated heterocycles. The van der Waals surface area contributed by atoms with Crippen LogP contribution in [0.5, 0.6) is 17.2 Å². The maximum Gasteiger partial charge on any atom is 0.231 e. The Balaban J connectivity index is 1.74. The van der Waals surface area contributed by atoms with Crippen molar-refractivity contribution in [3.63, 3.8) is 0 Å². The van der Waals surface area contributed by atoms with Crippen molar-refractivity contribution in [1.29, 1.82) is 0 Å². The molecule has 0 unspecified atom stereocenters. The molecule has 1 aliphatic heterocycles. The predicted octanol–water partition coefficient (Wildman–Crippen LogP) is 2.15. The van der Waals surface area contributed by atoms with Gasteiger partial charge in [-0.2, -0.15) is 0 Å². The van der Waals surface area contributed by atoms with Gasteiger partial charge in [-0.05, 0) is 32.3 Å². The topological polar surface area (TPSA) is 50.7 Å². The van der Waals surface area contributed by atoms with Gasteiger partial charge in [-0.3, -0.25) is 0 Å². The minimum Gasteiger partial charge on any atom is -0.507 e. The Kier molecular flexibility index (Phi) is 2.40. The van der Waals surface area contributed by atoms with E-state index in [2.05, 4.69) is 12.2 Å². The van der Waals surface area contributed by atoms with Crippen LogP contribution in [0.25, 0.3) is 0 Å². The van der Waals surface area contributed by atoms with Gasteiger partial charge < -0.3 is 19.9 Å². The van der Waals surface area contributed by atoms with Crippen molar-refractivity contribution in [3.05, 3.63) is 17.7 Å². The summed E-state index contributed by atoms with van der Waals surface area (Å²) in [5.41, 5.74) is 1.10. The number of benzene rings is 1. The van der Waals surface area contributed by atoms with Crippen molar-refractivity contribution in [3.8, 4) is 17.2 Å². The second-order valence-corrected chi connectivity index (χ2v) is 5.10. The highest BCUT2D eigenvalue weighted by atomic mass is 16.7. The van der Waals surface area contributed by atoms with E-state index in [0.717, 1.165) is 11.3 Å². The second-order valence-electron chi connectivity index (χ2n) is 5.10. The number of hydrogen-bond acceptors (Lipinski definition) is 4. The van der Waals surface area contributed by atoms with Gasteiger partial charge in [0.15, 0.2) is 11.5 Å². The molecule has 92 valence electrons. The molecule has 0 atom stereocenters. The average Bonchev–Trinajstić information content (AvgIpc) is 2.70. The van der Waals surface area contributed by atoms with Crippen molar-refractivity contribution >= 4 is 0 Å². The summed E-state index contributed by atoms with van der Waals surface area (Å²) >= 11 is 0. The van der Waals surface area contributed by atoms with Gasteiger partial charge in [0, 0.05) is 23.7 Å². The summed E-state index contributed by atoms with van der Waals surface area (Å²) in [4.78, 5) is 0. The number of aromatic hydroxyl groups is 1. The maximum atomic E-state index is 9.89. The van der Waals surface area contributed by atoms with Crippen LogP contribution in [0, 0.1) is 0 Å². The van der Waals surface area contributed by atoms with Gasteiger partial charge in [0.25, 0.3) is 0 Å². The number of ether oxygens (including phenoxy) is 2. The quantitative estimate of drug-likeness (QED) is 0.843. The van der Waals surface area contributed by atoms with Crippen molar-refractivity contribution in [1.82, 2.24) is 5.32 Å². The number of nitrogens with one attached hydrogen (secondary N) is 1. The molecule has 3 rings (SSSR count). The van der Waals surface area contributed by atoms with Gasteiger partial charge in [0.1, 0.15) is 5.75 Å². The fraction of sp³-hybridized carbons (Fsp3) is 0.538. The molecule has 1 fully saturated rings. The zero-order chi connectivity index (χ0) is 11.9. The van der Waals surface area contributed by atoms with Gasteiger partial charge in [0.05, 0.1) is 0 Å². The first-order valence-corrected chi connectivity index (χ1v) is 6.03. The molecule has 17 heavy (non-hydrogen) atoms. The average molecular weight is 235 g/mol. The van der Waals surface area contributed by atoms with E-state index in [1.165, 1.54) is 19.3 Å². The van der Waals surface area contributed by atoms with Crippen LogP contribution in [0.3, 0.4) is 0 Å². The minimum absolute atomic E-state index is 0.239. The number of phenols is 1. The van der Waals surface area contributed by atoms with Gasteiger partial charge in [-0.25, -0.2) is 0 Å². The fourth-order valence-corrected chi connectivity index (χ4v) is 2.31. The fourth-order valence-electron chi connectivity index (χ4n) is 2.31.